The van der Waals surface area contributed by atoms with Gasteiger partial charge in [0.15, 0.2) is 0 Å². The number of aliphatic hydroxyl groups is 1. The lowest BCUT2D eigenvalue weighted by Crippen LogP contribution is -2.40. The molecule has 0 saturated carbocycles. The molecular weight excluding hydrogens is 214 g/mol. The molecule has 0 unspecified atom stereocenters. The molecule has 1 N–H and O–H groups in total. The Morgan fingerprint density at radius 1 is 1.53 bits per heavy atom. The summed E-state index contributed by atoms with van der Waals surface area (Å²) in [7, 11) is 0. The molecule has 3 heteroatoms. The first-order chi connectivity index (χ1) is 8.20. The van der Waals surface area contributed by atoms with Crippen molar-refractivity contribution in [2.75, 3.05) is 19.7 Å². The Morgan fingerprint density at radius 2 is 2.35 bits per heavy atom. The zero-order valence-electron chi connectivity index (χ0n) is 10.2. The Kier molecular flexibility index (Phi) is 3.79. The number of rotatable bonds is 2. The molecule has 1 atom stereocenters. The number of amides is 1. The Morgan fingerprint density at radius 3 is 3.06 bits per heavy atom. The molecule has 17 heavy (non-hydrogen) atoms. The van der Waals surface area contributed by atoms with E-state index < -0.39 is 0 Å². The maximum absolute atomic E-state index is 12.3. The van der Waals surface area contributed by atoms with Crippen molar-refractivity contribution in [2.45, 2.75) is 19.8 Å². The number of aliphatic hydroxyl groups excluding tert-OH is 1. The van der Waals surface area contributed by atoms with E-state index in [1.807, 2.05) is 36.1 Å². The molecule has 92 valence electrons. The second-order valence-corrected chi connectivity index (χ2v) is 4.81. The summed E-state index contributed by atoms with van der Waals surface area (Å²) in [6, 6.07) is 7.68. The zero-order valence-corrected chi connectivity index (χ0v) is 10.2. The van der Waals surface area contributed by atoms with Gasteiger partial charge in [-0.1, -0.05) is 17.7 Å². The van der Waals surface area contributed by atoms with Gasteiger partial charge in [0.05, 0.1) is 0 Å². The molecule has 3 nitrogen and oxygen atoms in total. The first-order valence-corrected chi connectivity index (χ1v) is 6.17. The minimum atomic E-state index is 0.0897. The Bertz CT molecular complexity index is 403. The predicted octanol–water partition coefficient (Wildman–Crippen LogP) is 1.84. The summed E-state index contributed by atoms with van der Waals surface area (Å²) in [5, 5.41) is 9.17. The third-order valence-corrected chi connectivity index (χ3v) is 3.33. The van der Waals surface area contributed by atoms with Gasteiger partial charge < -0.3 is 10.0 Å². The number of likely N-dealkylation sites (tertiary alicyclic amines) is 1. The minimum absolute atomic E-state index is 0.0897. The maximum atomic E-state index is 12.3. The molecule has 0 aromatic heterocycles. The standard InChI is InChI=1S/C14H19NO2/c1-11-4-2-6-13(8-11)14(17)15-7-3-5-12(9-15)10-16/h2,4,6,8,12,16H,3,5,7,9-10H2,1H3/t12-/m0/s1. The third-order valence-electron chi connectivity index (χ3n) is 3.33. The van der Waals surface area contributed by atoms with Crippen LogP contribution in [0.1, 0.15) is 28.8 Å². The van der Waals surface area contributed by atoms with Gasteiger partial charge in [0.1, 0.15) is 0 Å². The molecular formula is C14H19NO2. The SMILES string of the molecule is Cc1cccc(C(=O)N2CCC[C@H](CO)C2)c1. The first-order valence-electron chi connectivity index (χ1n) is 6.17. The van der Waals surface area contributed by atoms with E-state index in [4.69, 9.17) is 5.11 Å². The van der Waals surface area contributed by atoms with Crippen molar-refractivity contribution in [3.8, 4) is 0 Å². The average molecular weight is 233 g/mol. The van der Waals surface area contributed by atoms with Crippen molar-refractivity contribution in [1.29, 1.82) is 0 Å². The molecule has 1 aliphatic rings. The summed E-state index contributed by atoms with van der Waals surface area (Å²) in [6.07, 6.45) is 2.01. The summed E-state index contributed by atoms with van der Waals surface area (Å²) in [5.41, 5.74) is 1.86. The summed E-state index contributed by atoms with van der Waals surface area (Å²) < 4.78 is 0. The third kappa shape index (κ3) is 2.86. The fourth-order valence-electron chi connectivity index (χ4n) is 2.36. The van der Waals surface area contributed by atoms with E-state index in [1.54, 1.807) is 0 Å². The molecule has 1 amide bonds. The number of piperidine rings is 1. The number of hydrogen-bond acceptors (Lipinski definition) is 2. The summed E-state index contributed by atoms with van der Waals surface area (Å²) in [4.78, 5) is 14.1. The molecule has 1 aliphatic heterocycles. The number of carbonyl (C=O) groups is 1. The van der Waals surface area contributed by atoms with Crippen LogP contribution < -0.4 is 0 Å². The number of hydrogen-bond donors (Lipinski definition) is 1. The van der Waals surface area contributed by atoms with E-state index in [2.05, 4.69) is 0 Å². The van der Waals surface area contributed by atoms with Crippen molar-refractivity contribution in [3.63, 3.8) is 0 Å². The predicted molar refractivity (Wildman–Crippen MR) is 66.9 cm³/mol. The molecule has 0 bridgehead atoms. The number of nitrogens with zero attached hydrogens (tertiary/aromatic N) is 1. The lowest BCUT2D eigenvalue weighted by molar-refractivity contribution is 0.0620. The van der Waals surface area contributed by atoms with Gasteiger partial charge in [0, 0.05) is 25.3 Å². The summed E-state index contributed by atoms with van der Waals surface area (Å²) >= 11 is 0. The van der Waals surface area contributed by atoms with Gasteiger partial charge >= 0.3 is 0 Å². The molecule has 0 spiro atoms. The summed E-state index contributed by atoms with van der Waals surface area (Å²) in [6.45, 7) is 3.66. The average Bonchev–Trinajstić information content (AvgIpc) is 2.38. The lowest BCUT2D eigenvalue weighted by atomic mass is 9.98. The Labute approximate surface area is 102 Å². The van der Waals surface area contributed by atoms with Crippen LogP contribution in [0.4, 0.5) is 0 Å². The van der Waals surface area contributed by atoms with Gasteiger partial charge in [-0.15, -0.1) is 0 Å². The number of carbonyl (C=O) groups excluding carboxylic acids is 1. The van der Waals surface area contributed by atoms with E-state index >= 15 is 0 Å². The normalized spacial score (nSPS) is 20.4. The van der Waals surface area contributed by atoms with E-state index in [0.717, 1.165) is 30.5 Å². The van der Waals surface area contributed by atoms with Crippen molar-refractivity contribution < 1.29 is 9.90 Å². The molecule has 1 aromatic rings. The van der Waals surface area contributed by atoms with Gasteiger partial charge in [0.25, 0.3) is 5.91 Å². The molecule has 1 fully saturated rings. The highest BCUT2D eigenvalue weighted by molar-refractivity contribution is 5.94. The monoisotopic (exact) mass is 233 g/mol. The quantitative estimate of drug-likeness (QED) is 0.846. The summed E-state index contributed by atoms with van der Waals surface area (Å²) in [5.74, 6) is 0.337. The largest absolute Gasteiger partial charge is 0.396 e. The van der Waals surface area contributed by atoms with E-state index in [9.17, 15) is 4.79 Å². The smallest absolute Gasteiger partial charge is 0.253 e. The van der Waals surface area contributed by atoms with Crippen LogP contribution >= 0.6 is 0 Å². The van der Waals surface area contributed by atoms with Crippen molar-refractivity contribution in [3.05, 3.63) is 35.4 Å². The topological polar surface area (TPSA) is 40.5 Å². The van der Waals surface area contributed by atoms with Gasteiger partial charge in [-0.25, -0.2) is 0 Å². The van der Waals surface area contributed by atoms with Crippen LogP contribution in [0, 0.1) is 12.8 Å². The molecule has 0 radical (unpaired) electrons. The van der Waals surface area contributed by atoms with Gasteiger partial charge in [-0.3, -0.25) is 4.79 Å². The fourth-order valence-corrected chi connectivity index (χ4v) is 2.36. The van der Waals surface area contributed by atoms with E-state index in [-0.39, 0.29) is 18.4 Å². The van der Waals surface area contributed by atoms with E-state index in [1.165, 1.54) is 0 Å². The Hall–Kier alpha value is -1.35. The Balaban J connectivity index is 2.09. The molecule has 1 saturated heterocycles. The molecule has 1 aromatic carbocycles. The number of aryl methyl sites for hydroxylation is 1. The highest BCUT2D eigenvalue weighted by Crippen LogP contribution is 2.18. The van der Waals surface area contributed by atoms with Crippen LogP contribution in [0.5, 0.6) is 0 Å². The molecule has 0 aliphatic carbocycles. The molecule has 2 rings (SSSR count). The maximum Gasteiger partial charge on any atom is 0.253 e. The lowest BCUT2D eigenvalue weighted by Gasteiger charge is -2.32. The van der Waals surface area contributed by atoms with Gasteiger partial charge in [-0.2, -0.15) is 0 Å². The van der Waals surface area contributed by atoms with Crippen LogP contribution in [0.2, 0.25) is 0 Å². The van der Waals surface area contributed by atoms with Crippen molar-refractivity contribution >= 4 is 5.91 Å². The zero-order chi connectivity index (χ0) is 12.3. The first kappa shape index (κ1) is 12.1. The highest BCUT2D eigenvalue weighted by atomic mass is 16.3. The number of benzene rings is 1. The van der Waals surface area contributed by atoms with Crippen LogP contribution in [0.15, 0.2) is 24.3 Å². The van der Waals surface area contributed by atoms with Crippen LogP contribution in [0.3, 0.4) is 0 Å². The second kappa shape index (κ2) is 5.32. The fraction of sp³-hybridized carbons (Fsp3) is 0.500. The van der Waals surface area contributed by atoms with Crippen molar-refractivity contribution in [1.82, 2.24) is 4.90 Å². The van der Waals surface area contributed by atoms with Crippen LogP contribution in [-0.4, -0.2) is 35.6 Å². The molecule has 1 heterocycles. The van der Waals surface area contributed by atoms with E-state index in [0.29, 0.717) is 6.54 Å². The van der Waals surface area contributed by atoms with Gasteiger partial charge in [0.2, 0.25) is 0 Å². The minimum Gasteiger partial charge on any atom is -0.396 e. The van der Waals surface area contributed by atoms with Crippen LogP contribution in [-0.2, 0) is 0 Å². The van der Waals surface area contributed by atoms with Crippen molar-refractivity contribution in [2.24, 2.45) is 5.92 Å². The second-order valence-electron chi connectivity index (χ2n) is 4.81. The van der Waals surface area contributed by atoms with Gasteiger partial charge in [-0.05, 0) is 37.8 Å². The van der Waals surface area contributed by atoms with Crippen LogP contribution in [0.25, 0.3) is 0 Å². The highest BCUT2D eigenvalue weighted by Gasteiger charge is 2.23.